The second kappa shape index (κ2) is 11.0. The summed E-state index contributed by atoms with van der Waals surface area (Å²) in [6.45, 7) is 2.15. The highest BCUT2D eigenvalue weighted by atomic mass is 32.1. The number of fused-ring (bicyclic) bond motifs is 2. The van der Waals surface area contributed by atoms with Crippen molar-refractivity contribution in [3.05, 3.63) is 46.9 Å². The third-order valence-corrected chi connectivity index (χ3v) is 8.09. The highest BCUT2D eigenvalue weighted by Crippen LogP contribution is 2.31. The van der Waals surface area contributed by atoms with Crippen LogP contribution in [0.5, 0.6) is 5.19 Å². The highest BCUT2D eigenvalue weighted by Gasteiger charge is 2.25. The van der Waals surface area contributed by atoms with E-state index in [1.807, 2.05) is 28.8 Å². The first-order chi connectivity index (χ1) is 17.0. The third kappa shape index (κ3) is 6.16. The second-order valence-electron chi connectivity index (χ2n) is 9.51. The fourth-order valence-electron chi connectivity index (χ4n) is 5.14. The van der Waals surface area contributed by atoms with Gasteiger partial charge in [-0.25, -0.2) is 18.7 Å². The molecule has 0 radical (unpaired) electrons. The minimum atomic E-state index is -2.48. The molecule has 0 bridgehead atoms. The van der Waals surface area contributed by atoms with Crippen LogP contribution in [0.3, 0.4) is 0 Å². The first-order valence-corrected chi connectivity index (χ1v) is 13.2. The van der Waals surface area contributed by atoms with Crippen LogP contribution in [0.2, 0.25) is 0 Å². The molecule has 5 rings (SSSR count). The number of alkyl halides is 2. The van der Waals surface area contributed by atoms with Crippen LogP contribution in [0.15, 0.2) is 30.6 Å². The van der Waals surface area contributed by atoms with E-state index in [9.17, 15) is 13.6 Å². The van der Waals surface area contributed by atoms with E-state index < -0.39 is 13.0 Å². The monoisotopic (exact) mass is 503 g/mol. The molecule has 0 saturated heterocycles. The van der Waals surface area contributed by atoms with Gasteiger partial charge in [-0.2, -0.15) is 0 Å². The summed E-state index contributed by atoms with van der Waals surface area (Å²) in [7, 11) is 0. The van der Waals surface area contributed by atoms with Gasteiger partial charge < -0.3 is 14.5 Å². The van der Waals surface area contributed by atoms with Gasteiger partial charge in [-0.1, -0.05) is 17.4 Å². The molecule has 1 aliphatic carbocycles. The van der Waals surface area contributed by atoms with Crippen LogP contribution < -0.4 is 10.1 Å². The predicted molar refractivity (Wildman–Crippen MR) is 130 cm³/mol. The topological polar surface area (TPSA) is 71.8 Å². The fraction of sp³-hybridized carbons (Fsp3) is 0.560. The molecule has 7 nitrogen and oxygen atoms in total. The number of ether oxygens (including phenoxy) is 1. The molecule has 1 aliphatic heterocycles. The average molecular weight is 504 g/mol. The lowest BCUT2D eigenvalue weighted by atomic mass is 9.84. The van der Waals surface area contributed by atoms with E-state index in [-0.39, 0.29) is 11.9 Å². The standard InChI is InChI=1S/C25H31F2N5O2S/c26-22(27)16-34-25-30-20-15-31(12-9-21(20)35-25)11-8-17-4-6-18(7-5-17)29-24(33)13-19-14-28-23-3-1-2-10-32(19)23/h1-3,10,14,17-18,22H,4-9,11-13,15-16H2,(H,29,33). The Bertz CT molecular complexity index is 1140. The Hall–Kier alpha value is -2.59. The number of nitrogens with zero attached hydrogens (tertiary/aromatic N) is 4. The minimum absolute atomic E-state index is 0.0587. The summed E-state index contributed by atoms with van der Waals surface area (Å²) in [6, 6.07) is 6.07. The summed E-state index contributed by atoms with van der Waals surface area (Å²) in [6.07, 6.45) is 7.90. The number of aromatic nitrogens is 3. The molecule has 2 aliphatic rings. The quantitative estimate of drug-likeness (QED) is 0.476. The summed E-state index contributed by atoms with van der Waals surface area (Å²) >= 11 is 1.40. The van der Waals surface area contributed by atoms with Crippen molar-refractivity contribution >= 4 is 22.9 Å². The lowest BCUT2D eigenvalue weighted by molar-refractivity contribution is -0.121. The molecule has 35 heavy (non-hydrogen) atoms. The van der Waals surface area contributed by atoms with Gasteiger partial charge in [-0.05, 0) is 63.1 Å². The maximum atomic E-state index is 12.6. The van der Waals surface area contributed by atoms with E-state index >= 15 is 0 Å². The number of hydrogen-bond donors (Lipinski definition) is 1. The largest absolute Gasteiger partial charge is 0.464 e. The molecule has 0 atom stereocenters. The average Bonchev–Trinajstić information content (AvgIpc) is 3.46. The van der Waals surface area contributed by atoms with Crippen LogP contribution in [0.1, 0.15) is 48.4 Å². The van der Waals surface area contributed by atoms with E-state index in [1.54, 1.807) is 6.20 Å². The molecule has 4 heterocycles. The molecule has 3 aromatic rings. The Balaban J connectivity index is 1.02. The number of rotatable bonds is 9. The second-order valence-corrected chi connectivity index (χ2v) is 10.6. The summed E-state index contributed by atoms with van der Waals surface area (Å²) in [5.74, 6) is 0.729. The fourth-order valence-corrected chi connectivity index (χ4v) is 6.05. The van der Waals surface area contributed by atoms with Crippen LogP contribution in [-0.4, -0.2) is 57.3 Å². The number of hydrogen-bond acceptors (Lipinski definition) is 6. The van der Waals surface area contributed by atoms with Gasteiger partial charge in [0.05, 0.1) is 17.8 Å². The summed E-state index contributed by atoms with van der Waals surface area (Å²) in [5.41, 5.74) is 2.74. The SMILES string of the molecule is O=C(Cc1cnc2ccccn12)NC1CCC(CCN2CCc3sc(OCC(F)F)nc3C2)CC1. The van der Waals surface area contributed by atoms with Crippen LogP contribution in [0, 0.1) is 5.92 Å². The molecule has 0 spiro atoms. The summed E-state index contributed by atoms with van der Waals surface area (Å²) in [4.78, 5) is 24.9. The van der Waals surface area contributed by atoms with Crippen molar-refractivity contribution in [1.82, 2.24) is 24.6 Å². The van der Waals surface area contributed by atoms with Gasteiger partial charge >= 0.3 is 0 Å². The van der Waals surface area contributed by atoms with Crippen LogP contribution in [0.25, 0.3) is 5.65 Å². The van der Waals surface area contributed by atoms with E-state index in [0.717, 1.165) is 80.1 Å². The van der Waals surface area contributed by atoms with Gasteiger partial charge in [0.2, 0.25) is 5.91 Å². The maximum Gasteiger partial charge on any atom is 0.273 e. The van der Waals surface area contributed by atoms with E-state index in [4.69, 9.17) is 4.74 Å². The number of amides is 1. The molecule has 1 amide bonds. The molecule has 10 heteroatoms. The van der Waals surface area contributed by atoms with Gasteiger partial charge in [0.25, 0.3) is 11.6 Å². The van der Waals surface area contributed by atoms with Crippen molar-refractivity contribution in [3.63, 3.8) is 0 Å². The van der Waals surface area contributed by atoms with Crippen molar-refractivity contribution < 1.29 is 18.3 Å². The first kappa shape index (κ1) is 24.1. The maximum absolute atomic E-state index is 12.6. The van der Waals surface area contributed by atoms with E-state index in [0.29, 0.717) is 17.5 Å². The molecular weight excluding hydrogens is 472 g/mol. The Labute approximate surface area is 207 Å². The lowest BCUT2D eigenvalue weighted by Gasteiger charge is -2.32. The number of imidazole rings is 1. The zero-order chi connectivity index (χ0) is 24.2. The smallest absolute Gasteiger partial charge is 0.273 e. The van der Waals surface area contributed by atoms with Crippen molar-refractivity contribution in [2.45, 2.75) is 64.0 Å². The van der Waals surface area contributed by atoms with Crippen LogP contribution in [0.4, 0.5) is 8.78 Å². The predicted octanol–water partition coefficient (Wildman–Crippen LogP) is 4.10. The van der Waals surface area contributed by atoms with Crippen molar-refractivity contribution in [2.24, 2.45) is 5.92 Å². The molecule has 0 unspecified atom stereocenters. The molecule has 1 saturated carbocycles. The summed E-state index contributed by atoms with van der Waals surface area (Å²) < 4.78 is 31.8. The van der Waals surface area contributed by atoms with Gasteiger partial charge in [-0.15, -0.1) is 0 Å². The molecule has 0 aromatic carbocycles. The molecule has 1 N–H and O–H groups in total. The Morgan fingerprint density at radius 2 is 2.11 bits per heavy atom. The number of thiazole rings is 1. The highest BCUT2D eigenvalue weighted by molar-refractivity contribution is 7.13. The molecule has 188 valence electrons. The Morgan fingerprint density at radius 3 is 2.94 bits per heavy atom. The van der Waals surface area contributed by atoms with Gasteiger partial charge in [0.1, 0.15) is 5.65 Å². The van der Waals surface area contributed by atoms with Gasteiger partial charge in [-0.3, -0.25) is 9.69 Å². The summed E-state index contributed by atoms with van der Waals surface area (Å²) in [5, 5.41) is 3.58. The lowest BCUT2D eigenvalue weighted by Crippen LogP contribution is -2.39. The number of carbonyl (C=O) groups excluding carboxylic acids is 1. The molecule has 3 aromatic heterocycles. The number of pyridine rings is 1. The van der Waals surface area contributed by atoms with E-state index in [1.165, 1.54) is 11.3 Å². The normalized spacial score (nSPS) is 20.8. The zero-order valence-corrected chi connectivity index (χ0v) is 20.5. The van der Waals surface area contributed by atoms with Crippen LogP contribution >= 0.6 is 11.3 Å². The molecular formula is C25H31F2N5O2S. The first-order valence-electron chi connectivity index (χ1n) is 12.4. The number of halogens is 2. The van der Waals surface area contributed by atoms with Crippen molar-refractivity contribution in [3.8, 4) is 5.19 Å². The number of carbonyl (C=O) groups is 1. The van der Waals surface area contributed by atoms with E-state index in [2.05, 4.69) is 20.2 Å². The zero-order valence-electron chi connectivity index (χ0n) is 19.7. The van der Waals surface area contributed by atoms with Gasteiger partial charge in [0, 0.05) is 36.4 Å². The third-order valence-electron chi connectivity index (χ3n) is 7.02. The van der Waals surface area contributed by atoms with Gasteiger partial charge in [0.15, 0.2) is 6.61 Å². The van der Waals surface area contributed by atoms with Crippen molar-refractivity contribution in [2.75, 3.05) is 19.7 Å². The Morgan fingerprint density at radius 1 is 1.26 bits per heavy atom. The Kier molecular flexibility index (Phi) is 7.57. The van der Waals surface area contributed by atoms with Crippen molar-refractivity contribution in [1.29, 1.82) is 0 Å². The van der Waals surface area contributed by atoms with Crippen LogP contribution in [-0.2, 0) is 24.2 Å². The minimum Gasteiger partial charge on any atom is -0.464 e. The number of nitrogens with one attached hydrogen (secondary N) is 1. The molecule has 1 fully saturated rings.